The van der Waals surface area contributed by atoms with Crippen molar-refractivity contribution in [2.24, 2.45) is 0 Å². The topological polar surface area (TPSA) is 65.7 Å². The quantitative estimate of drug-likeness (QED) is 0.617. The number of esters is 2. The van der Waals surface area contributed by atoms with Crippen LogP contribution in [0.4, 0.5) is 0 Å². The molecule has 1 heterocycles. The molecule has 0 aliphatic rings. The van der Waals surface area contributed by atoms with Gasteiger partial charge in [0.15, 0.2) is 4.67 Å². The molecule has 0 aliphatic heterocycles. The number of hydrogen-bond donors (Lipinski definition) is 0. The third kappa shape index (κ3) is 3.20. The first-order valence-corrected chi connectivity index (χ1v) is 6.53. The summed E-state index contributed by atoms with van der Waals surface area (Å²) in [4.78, 5) is 23.5. The van der Waals surface area contributed by atoms with Crippen molar-refractivity contribution in [1.29, 1.82) is 0 Å². The number of benzene rings is 1. The van der Waals surface area contributed by atoms with E-state index in [1.165, 1.54) is 31.4 Å². The minimum absolute atomic E-state index is 0.00245. The van der Waals surface area contributed by atoms with Crippen LogP contribution in [0.3, 0.4) is 0 Å². The van der Waals surface area contributed by atoms with Crippen molar-refractivity contribution in [3.8, 4) is 5.75 Å². The molecular weight excluding hydrogens is 351 g/mol. The maximum absolute atomic E-state index is 11.9. The zero-order valence-electron chi connectivity index (χ0n) is 10.2. The van der Waals surface area contributed by atoms with E-state index in [9.17, 15) is 9.59 Å². The molecule has 7 heteroatoms. The number of carbonyl (C=O) groups excluding carboxylic acids is 2. The summed E-state index contributed by atoms with van der Waals surface area (Å²) in [5.41, 5.74) is 0.0546. The molecule has 104 valence electrons. The van der Waals surface area contributed by atoms with Crippen LogP contribution in [-0.4, -0.2) is 19.0 Å². The Morgan fingerprint density at radius 2 is 1.95 bits per heavy atom. The van der Waals surface area contributed by atoms with Gasteiger partial charge in [-0.3, -0.25) is 0 Å². The van der Waals surface area contributed by atoms with Gasteiger partial charge in [-0.1, -0.05) is 11.6 Å². The Bertz CT molecular complexity index is 665. The largest absolute Gasteiger partial charge is 0.465 e. The first-order valence-electron chi connectivity index (χ1n) is 5.36. The molecule has 1 aromatic carbocycles. The van der Waals surface area contributed by atoms with Crippen LogP contribution in [0, 0.1) is 0 Å². The lowest BCUT2D eigenvalue weighted by Gasteiger charge is -2.08. The summed E-state index contributed by atoms with van der Waals surface area (Å²) in [6.07, 6.45) is 0. The van der Waals surface area contributed by atoms with E-state index in [1.54, 1.807) is 6.07 Å². The fourth-order valence-electron chi connectivity index (χ4n) is 1.43. The normalized spacial score (nSPS) is 10.2. The van der Waals surface area contributed by atoms with Crippen LogP contribution in [0.15, 0.2) is 39.4 Å². The van der Waals surface area contributed by atoms with E-state index in [0.29, 0.717) is 9.69 Å². The highest BCUT2D eigenvalue weighted by atomic mass is 79.9. The van der Waals surface area contributed by atoms with E-state index < -0.39 is 11.9 Å². The standard InChI is InChI=1S/C13H8BrClO5/c1-18-12(16)8-6-7(15)2-3-9(8)20-13(17)10-4-5-11(14)19-10/h2-6H,1H3. The molecule has 0 amide bonds. The Balaban J connectivity index is 2.29. The van der Waals surface area contributed by atoms with Gasteiger partial charge in [-0.15, -0.1) is 0 Å². The fraction of sp³-hybridized carbons (Fsp3) is 0.0769. The molecule has 0 unspecified atom stereocenters. The van der Waals surface area contributed by atoms with Crippen molar-refractivity contribution in [2.75, 3.05) is 7.11 Å². The van der Waals surface area contributed by atoms with Crippen molar-refractivity contribution in [2.45, 2.75) is 0 Å². The van der Waals surface area contributed by atoms with Crippen molar-refractivity contribution in [3.63, 3.8) is 0 Å². The SMILES string of the molecule is COC(=O)c1cc(Cl)ccc1OC(=O)c1ccc(Br)o1. The van der Waals surface area contributed by atoms with Crippen LogP contribution in [-0.2, 0) is 4.74 Å². The third-order valence-corrected chi connectivity index (χ3v) is 2.99. The predicted octanol–water partition coefficient (Wildman–Crippen LogP) is 3.70. The Morgan fingerprint density at radius 3 is 2.55 bits per heavy atom. The average molecular weight is 360 g/mol. The second-order valence-electron chi connectivity index (χ2n) is 3.63. The highest BCUT2D eigenvalue weighted by molar-refractivity contribution is 9.10. The molecule has 0 fully saturated rings. The van der Waals surface area contributed by atoms with Crippen molar-refractivity contribution in [3.05, 3.63) is 51.3 Å². The molecule has 0 atom stereocenters. The smallest absolute Gasteiger partial charge is 0.379 e. The highest BCUT2D eigenvalue weighted by Crippen LogP contribution is 2.25. The van der Waals surface area contributed by atoms with Gasteiger partial charge >= 0.3 is 11.9 Å². The molecule has 0 spiro atoms. The monoisotopic (exact) mass is 358 g/mol. The second-order valence-corrected chi connectivity index (χ2v) is 4.84. The van der Waals surface area contributed by atoms with Gasteiger partial charge in [0.05, 0.1) is 7.11 Å². The molecule has 0 radical (unpaired) electrons. The minimum atomic E-state index is -0.733. The number of ether oxygens (including phenoxy) is 2. The van der Waals surface area contributed by atoms with Gasteiger partial charge in [-0.2, -0.15) is 0 Å². The number of halogens is 2. The first-order chi connectivity index (χ1) is 9.51. The van der Waals surface area contributed by atoms with Crippen LogP contribution in [0.1, 0.15) is 20.9 Å². The maximum atomic E-state index is 11.9. The zero-order valence-corrected chi connectivity index (χ0v) is 12.5. The molecule has 20 heavy (non-hydrogen) atoms. The number of methoxy groups -OCH3 is 1. The molecule has 2 rings (SSSR count). The van der Waals surface area contributed by atoms with Crippen LogP contribution in [0.2, 0.25) is 5.02 Å². The molecule has 2 aromatic rings. The lowest BCUT2D eigenvalue weighted by atomic mass is 10.2. The summed E-state index contributed by atoms with van der Waals surface area (Å²) < 4.78 is 15.2. The average Bonchev–Trinajstić information content (AvgIpc) is 2.86. The zero-order chi connectivity index (χ0) is 14.7. The minimum Gasteiger partial charge on any atom is -0.465 e. The second kappa shape index (κ2) is 6.11. The molecule has 0 bridgehead atoms. The molecule has 0 saturated heterocycles. The lowest BCUT2D eigenvalue weighted by molar-refractivity contribution is 0.0591. The van der Waals surface area contributed by atoms with Gasteiger partial charge in [0.25, 0.3) is 0 Å². The van der Waals surface area contributed by atoms with E-state index in [-0.39, 0.29) is 17.1 Å². The van der Waals surface area contributed by atoms with Crippen LogP contribution in [0.5, 0.6) is 5.75 Å². The predicted molar refractivity (Wildman–Crippen MR) is 74.2 cm³/mol. The van der Waals surface area contributed by atoms with Crippen LogP contribution >= 0.6 is 27.5 Å². The van der Waals surface area contributed by atoms with Gasteiger partial charge in [0.2, 0.25) is 5.76 Å². The Labute approximate surface area is 127 Å². The lowest BCUT2D eigenvalue weighted by Crippen LogP contribution is -2.11. The Hall–Kier alpha value is -1.79. The Kier molecular flexibility index (Phi) is 4.46. The van der Waals surface area contributed by atoms with Gasteiger partial charge in [0.1, 0.15) is 11.3 Å². The molecule has 5 nitrogen and oxygen atoms in total. The first kappa shape index (κ1) is 14.6. The number of hydrogen-bond acceptors (Lipinski definition) is 5. The molecule has 0 aliphatic carbocycles. The van der Waals surface area contributed by atoms with Crippen LogP contribution in [0.25, 0.3) is 0 Å². The maximum Gasteiger partial charge on any atom is 0.379 e. The molecule has 1 aromatic heterocycles. The number of furan rings is 1. The van der Waals surface area contributed by atoms with E-state index in [1.807, 2.05) is 0 Å². The molecule has 0 N–H and O–H groups in total. The van der Waals surface area contributed by atoms with Gasteiger partial charge in [-0.05, 0) is 46.3 Å². The van der Waals surface area contributed by atoms with Crippen molar-refractivity contribution >= 4 is 39.5 Å². The summed E-state index contributed by atoms with van der Waals surface area (Å²) in [6, 6.07) is 7.26. The van der Waals surface area contributed by atoms with Crippen molar-refractivity contribution in [1.82, 2.24) is 0 Å². The summed E-state index contributed by atoms with van der Waals surface area (Å²) in [6.45, 7) is 0. The molecular formula is C13H8BrClO5. The number of rotatable bonds is 3. The summed E-state index contributed by atoms with van der Waals surface area (Å²) in [5, 5.41) is 0.325. The van der Waals surface area contributed by atoms with E-state index in [2.05, 4.69) is 20.7 Å². The summed E-state index contributed by atoms with van der Waals surface area (Å²) in [5.74, 6) is -1.35. The Morgan fingerprint density at radius 1 is 1.20 bits per heavy atom. The summed E-state index contributed by atoms with van der Waals surface area (Å²) >= 11 is 8.88. The summed E-state index contributed by atoms with van der Waals surface area (Å²) in [7, 11) is 1.22. The highest BCUT2D eigenvalue weighted by Gasteiger charge is 2.19. The van der Waals surface area contributed by atoms with Gasteiger partial charge < -0.3 is 13.9 Å². The van der Waals surface area contributed by atoms with Gasteiger partial charge in [-0.25, -0.2) is 9.59 Å². The van der Waals surface area contributed by atoms with E-state index in [0.717, 1.165) is 0 Å². The molecule has 0 saturated carbocycles. The number of carbonyl (C=O) groups is 2. The fourth-order valence-corrected chi connectivity index (χ4v) is 1.91. The van der Waals surface area contributed by atoms with Crippen molar-refractivity contribution < 1.29 is 23.5 Å². The van der Waals surface area contributed by atoms with E-state index in [4.69, 9.17) is 20.8 Å². The third-order valence-electron chi connectivity index (χ3n) is 2.32. The van der Waals surface area contributed by atoms with Crippen LogP contribution < -0.4 is 4.74 Å². The van der Waals surface area contributed by atoms with E-state index >= 15 is 0 Å². The van der Waals surface area contributed by atoms with Gasteiger partial charge in [0, 0.05) is 5.02 Å².